The number of hydrogen-bond acceptors (Lipinski definition) is 3. The summed E-state index contributed by atoms with van der Waals surface area (Å²) in [6, 6.07) is 4.63. The zero-order valence-corrected chi connectivity index (χ0v) is 8.80. The highest BCUT2D eigenvalue weighted by molar-refractivity contribution is 6.17. The van der Waals surface area contributed by atoms with Crippen molar-refractivity contribution in [1.82, 2.24) is 4.98 Å². The lowest BCUT2D eigenvalue weighted by Gasteiger charge is -2.08. The molecule has 1 heterocycles. The number of hydrogen-bond donors (Lipinski definition) is 0. The van der Waals surface area contributed by atoms with E-state index in [0.717, 1.165) is 6.07 Å². The summed E-state index contributed by atoms with van der Waals surface area (Å²) in [7, 11) is 0. The van der Waals surface area contributed by atoms with E-state index in [0.29, 0.717) is 0 Å². The molecule has 6 heteroatoms. The van der Waals surface area contributed by atoms with Gasteiger partial charge in [-0.1, -0.05) is 0 Å². The van der Waals surface area contributed by atoms with Gasteiger partial charge in [-0.05, 0) is 6.07 Å². The Labute approximate surface area is 95.9 Å². The molecule has 0 bridgehead atoms. The normalized spacial score (nSPS) is 9.88. The van der Waals surface area contributed by atoms with Crippen molar-refractivity contribution in [2.24, 2.45) is 0 Å². The smallest absolute Gasteiger partial charge is 0.240 e. The predicted octanol–water partition coefficient (Wildman–Crippen LogP) is 2.70. The molecular weight excluding hydrogens is 236 g/mol. The van der Waals surface area contributed by atoms with Gasteiger partial charge in [-0.15, -0.1) is 11.6 Å². The van der Waals surface area contributed by atoms with E-state index in [4.69, 9.17) is 22.1 Å². The summed E-state index contributed by atoms with van der Waals surface area (Å²) in [5.41, 5.74) is -0.162. The molecule has 0 aliphatic rings. The highest BCUT2D eigenvalue weighted by atomic mass is 35.5. The van der Waals surface area contributed by atoms with Crippen molar-refractivity contribution in [2.75, 3.05) is 0 Å². The lowest BCUT2D eigenvalue weighted by atomic mass is 10.1. The minimum Gasteiger partial charge on any atom is -0.240 e. The van der Waals surface area contributed by atoms with Crippen molar-refractivity contribution in [3.8, 4) is 12.1 Å². The number of alkyl halides is 3. The van der Waals surface area contributed by atoms with E-state index in [1.807, 2.05) is 0 Å². The maximum absolute atomic E-state index is 12.6. The molecule has 82 valence electrons. The SMILES string of the molecule is N#CCc1nc(C#N)c(CCl)cc1C(F)F. The third-order valence-corrected chi connectivity index (χ3v) is 2.23. The number of aromatic nitrogens is 1. The summed E-state index contributed by atoms with van der Waals surface area (Å²) in [6.45, 7) is 0. The van der Waals surface area contributed by atoms with Crippen molar-refractivity contribution in [1.29, 1.82) is 10.5 Å². The molecule has 0 spiro atoms. The fourth-order valence-corrected chi connectivity index (χ4v) is 1.42. The second kappa shape index (κ2) is 5.39. The van der Waals surface area contributed by atoms with Crippen molar-refractivity contribution >= 4 is 11.6 Å². The van der Waals surface area contributed by atoms with Gasteiger partial charge in [0.2, 0.25) is 0 Å². The van der Waals surface area contributed by atoms with Gasteiger partial charge in [0.05, 0.1) is 24.1 Å². The molecule has 16 heavy (non-hydrogen) atoms. The third kappa shape index (κ3) is 2.44. The first-order valence-corrected chi connectivity index (χ1v) is 4.81. The molecule has 1 aromatic rings. The molecule has 0 aromatic carbocycles. The van der Waals surface area contributed by atoms with E-state index >= 15 is 0 Å². The molecule has 3 nitrogen and oxygen atoms in total. The number of nitrogens with zero attached hydrogens (tertiary/aromatic N) is 3. The fraction of sp³-hybridized carbons (Fsp3) is 0.300. The topological polar surface area (TPSA) is 60.5 Å². The Morgan fingerprint density at radius 3 is 2.56 bits per heavy atom. The molecule has 0 atom stereocenters. The van der Waals surface area contributed by atoms with Gasteiger partial charge in [-0.3, -0.25) is 0 Å². The van der Waals surface area contributed by atoms with E-state index in [9.17, 15) is 8.78 Å². The summed E-state index contributed by atoms with van der Waals surface area (Å²) < 4.78 is 25.3. The Morgan fingerprint density at radius 2 is 2.12 bits per heavy atom. The molecule has 0 saturated carbocycles. The second-order valence-electron chi connectivity index (χ2n) is 2.91. The molecule has 1 rings (SSSR count). The number of rotatable bonds is 3. The highest BCUT2D eigenvalue weighted by Gasteiger charge is 2.17. The van der Waals surface area contributed by atoms with Gasteiger partial charge in [0.15, 0.2) is 0 Å². The van der Waals surface area contributed by atoms with Crippen LogP contribution in [0.15, 0.2) is 6.07 Å². The molecule has 0 aliphatic carbocycles. The predicted molar refractivity (Wildman–Crippen MR) is 52.8 cm³/mol. The summed E-state index contributed by atoms with van der Waals surface area (Å²) in [5.74, 6) is -0.0670. The standard InChI is InChI=1S/C10H6ClF2N3/c11-4-6-3-7(10(12)13)8(1-2-14)16-9(6)5-15/h3,10H,1,4H2. The van der Waals surface area contributed by atoms with Crippen LogP contribution in [0.3, 0.4) is 0 Å². The van der Waals surface area contributed by atoms with Gasteiger partial charge in [-0.25, -0.2) is 13.8 Å². The van der Waals surface area contributed by atoms with Crippen LogP contribution in [0.1, 0.15) is 28.9 Å². The van der Waals surface area contributed by atoms with Gasteiger partial charge in [-0.2, -0.15) is 10.5 Å². The molecule has 0 N–H and O–H groups in total. The molecule has 0 amide bonds. The van der Waals surface area contributed by atoms with Crippen molar-refractivity contribution in [2.45, 2.75) is 18.7 Å². The summed E-state index contributed by atoms with van der Waals surface area (Å²) in [4.78, 5) is 3.72. The van der Waals surface area contributed by atoms with E-state index in [2.05, 4.69) is 4.98 Å². The Hall–Kier alpha value is -1.72. The van der Waals surface area contributed by atoms with Crippen LogP contribution in [0.2, 0.25) is 0 Å². The maximum Gasteiger partial charge on any atom is 0.265 e. The Kier molecular flexibility index (Phi) is 4.16. The van der Waals surface area contributed by atoms with Crippen LogP contribution in [0.25, 0.3) is 0 Å². The largest absolute Gasteiger partial charge is 0.265 e. The van der Waals surface area contributed by atoms with E-state index in [1.54, 1.807) is 12.1 Å². The van der Waals surface area contributed by atoms with Gasteiger partial charge in [0.25, 0.3) is 6.43 Å². The van der Waals surface area contributed by atoms with Gasteiger partial charge < -0.3 is 0 Å². The van der Waals surface area contributed by atoms with E-state index in [-0.39, 0.29) is 34.8 Å². The quantitative estimate of drug-likeness (QED) is 0.765. The minimum atomic E-state index is -2.73. The second-order valence-corrected chi connectivity index (χ2v) is 3.18. The monoisotopic (exact) mass is 241 g/mol. The van der Waals surface area contributed by atoms with Gasteiger partial charge in [0, 0.05) is 11.1 Å². The third-order valence-electron chi connectivity index (χ3n) is 1.95. The van der Waals surface area contributed by atoms with E-state index < -0.39 is 6.43 Å². The van der Waals surface area contributed by atoms with Crippen LogP contribution in [0, 0.1) is 22.7 Å². The average Bonchev–Trinajstić information content (AvgIpc) is 2.28. The zero-order chi connectivity index (χ0) is 12.1. The lowest BCUT2D eigenvalue weighted by molar-refractivity contribution is 0.149. The van der Waals surface area contributed by atoms with Crippen LogP contribution in [0.4, 0.5) is 8.78 Å². The summed E-state index contributed by atoms with van der Waals surface area (Å²) >= 11 is 5.52. The lowest BCUT2D eigenvalue weighted by Crippen LogP contribution is -2.03. The van der Waals surface area contributed by atoms with Crippen LogP contribution in [0.5, 0.6) is 0 Å². The van der Waals surface area contributed by atoms with Crippen molar-refractivity contribution < 1.29 is 8.78 Å². The number of nitriles is 2. The molecule has 1 aromatic heterocycles. The molecule has 0 radical (unpaired) electrons. The van der Waals surface area contributed by atoms with Crippen LogP contribution in [-0.4, -0.2) is 4.98 Å². The maximum atomic E-state index is 12.6. The summed E-state index contributed by atoms with van der Waals surface area (Å²) in [5, 5.41) is 17.2. The Bertz CT molecular complexity index is 474. The van der Waals surface area contributed by atoms with Crippen LogP contribution < -0.4 is 0 Å². The molecule has 0 saturated heterocycles. The molecule has 0 fully saturated rings. The molecule has 0 unspecified atom stereocenters. The average molecular weight is 242 g/mol. The van der Waals surface area contributed by atoms with Crippen LogP contribution >= 0.6 is 11.6 Å². The first-order chi connectivity index (χ1) is 7.63. The van der Waals surface area contributed by atoms with Crippen LogP contribution in [-0.2, 0) is 12.3 Å². The fourth-order valence-electron chi connectivity index (χ4n) is 1.21. The highest BCUT2D eigenvalue weighted by Crippen LogP contribution is 2.25. The minimum absolute atomic E-state index is 0.00958. The van der Waals surface area contributed by atoms with Gasteiger partial charge in [0.1, 0.15) is 11.8 Å². The van der Waals surface area contributed by atoms with E-state index in [1.165, 1.54) is 0 Å². The number of halogens is 3. The first-order valence-electron chi connectivity index (χ1n) is 4.27. The molecule has 0 aliphatic heterocycles. The first kappa shape index (κ1) is 12.4. The van der Waals surface area contributed by atoms with Gasteiger partial charge >= 0.3 is 0 Å². The summed E-state index contributed by atoms with van der Waals surface area (Å²) in [6.07, 6.45) is -2.98. The van der Waals surface area contributed by atoms with Crippen molar-refractivity contribution in [3.63, 3.8) is 0 Å². The molecular formula is C10H6ClF2N3. The Morgan fingerprint density at radius 1 is 1.44 bits per heavy atom. The Balaban J connectivity index is 3.38. The van der Waals surface area contributed by atoms with Crippen molar-refractivity contribution in [3.05, 3.63) is 28.6 Å². The zero-order valence-electron chi connectivity index (χ0n) is 8.04. The number of pyridine rings is 1.